The molecular formula is C16H16N2O4. The number of non-ortho nitro benzene ring substituents is 1. The van der Waals surface area contributed by atoms with Gasteiger partial charge in [0.2, 0.25) is 0 Å². The van der Waals surface area contributed by atoms with E-state index in [9.17, 15) is 14.9 Å². The van der Waals surface area contributed by atoms with E-state index in [1.165, 1.54) is 17.0 Å². The number of nitro groups is 1. The van der Waals surface area contributed by atoms with E-state index in [2.05, 4.69) is 0 Å². The second-order valence-electron chi connectivity index (χ2n) is 4.91. The zero-order chi connectivity index (χ0) is 16.1. The maximum atomic E-state index is 12.1. The summed E-state index contributed by atoms with van der Waals surface area (Å²) in [5.41, 5.74) is 1.14. The number of ether oxygens (including phenoxy) is 1. The monoisotopic (exact) mass is 300 g/mol. The Labute approximate surface area is 128 Å². The summed E-state index contributed by atoms with van der Waals surface area (Å²) in [5, 5.41) is 10.8. The molecular weight excluding hydrogens is 284 g/mol. The van der Waals surface area contributed by atoms with E-state index in [-0.39, 0.29) is 18.2 Å². The molecule has 0 aliphatic heterocycles. The van der Waals surface area contributed by atoms with Gasteiger partial charge < -0.3 is 9.64 Å². The molecule has 0 fully saturated rings. The van der Waals surface area contributed by atoms with Gasteiger partial charge in [-0.1, -0.05) is 24.3 Å². The van der Waals surface area contributed by atoms with Gasteiger partial charge in [0, 0.05) is 26.2 Å². The standard InChI is InChI=1S/C16H16N2O4/c1-17(2)16(19)14-8-3-4-9-15(14)22-11-12-6-5-7-13(10-12)18(20)21/h3-10H,11H2,1-2H3. The third kappa shape index (κ3) is 3.60. The first kappa shape index (κ1) is 15.5. The van der Waals surface area contributed by atoms with Crippen LogP contribution < -0.4 is 4.74 Å². The fourth-order valence-electron chi connectivity index (χ4n) is 1.93. The van der Waals surface area contributed by atoms with Gasteiger partial charge in [-0.05, 0) is 17.7 Å². The third-order valence-corrected chi connectivity index (χ3v) is 3.04. The Kier molecular flexibility index (Phi) is 4.73. The van der Waals surface area contributed by atoms with Gasteiger partial charge in [-0.3, -0.25) is 14.9 Å². The third-order valence-electron chi connectivity index (χ3n) is 3.04. The summed E-state index contributed by atoms with van der Waals surface area (Å²) in [6.07, 6.45) is 0. The van der Waals surface area contributed by atoms with Crippen LogP contribution in [0.3, 0.4) is 0 Å². The van der Waals surface area contributed by atoms with Crippen molar-refractivity contribution in [2.24, 2.45) is 0 Å². The molecule has 0 bridgehead atoms. The lowest BCUT2D eigenvalue weighted by Gasteiger charge is -2.14. The number of rotatable bonds is 5. The van der Waals surface area contributed by atoms with Crippen molar-refractivity contribution < 1.29 is 14.5 Å². The van der Waals surface area contributed by atoms with Crippen molar-refractivity contribution in [3.05, 3.63) is 69.8 Å². The summed E-state index contributed by atoms with van der Waals surface area (Å²) in [6, 6.07) is 13.1. The highest BCUT2D eigenvalue weighted by Crippen LogP contribution is 2.21. The smallest absolute Gasteiger partial charge is 0.269 e. The lowest BCUT2D eigenvalue weighted by molar-refractivity contribution is -0.384. The SMILES string of the molecule is CN(C)C(=O)c1ccccc1OCc1cccc([N+](=O)[O-])c1. The number of hydrogen-bond acceptors (Lipinski definition) is 4. The Morgan fingerprint density at radius 1 is 1.18 bits per heavy atom. The van der Waals surface area contributed by atoms with Crippen molar-refractivity contribution in [2.75, 3.05) is 14.1 Å². The predicted octanol–water partition coefficient (Wildman–Crippen LogP) is 2.88. The molecule has 0 aliphatic rings. The van der Waals surface area contributed by atoms with Crippen LogP contribution in [-0.2, 0) is 6.61 Å². The van der Waals surface area contributed by atoms with Crippen molar-refractivity contribution in [2.45, 2.75) is 6.61 Å². The molecule has 0 unspecified atom stereocenters. The second-order valence-corrected chi connectivity index (χ2v) is 4.91. The van der Waals surface area contributed by atoms with E-state index < -0.39 is 4.92 Å². The molecule has 2 rings (SSSR count). The topological polar surface area (TPSA) is 72.7 Å². The summed E-state index contributed by atoms with van der Waals surface area (Å²) in [4.78, 5) is 23.9. The average Bonchev–Trinajstić information content (AvgIpc) is 2.52. The van der Waals surface area contributed by atoms with Gasteiger partial charge in [0.15, 0.2) is 0 Å². The maximum Gasteiger partial charge on any atom is 0.269 e. The largest absolute Gasteiger partial charge is 0.488 e. The molecule has 0 aromatic heterocycles. The Hall–Kier alpha value is -2.89. The second kappa shape index (κ2) is 6.71. The molecule has 0 radical (unpaired) electrons. The van der Waals surface area contributed by atoms with Crippen LogP contribution in [0.4, 0.5) is 5.69 Å². The molecule has 0 spiro atoms. The Balaban J connectivity index is 2.17. The zero-order valence-corrected chi connectivity index (χ0v) is 12.4. The fourth-order valence-corrected chi connectivity index (χ4v) is 1.93. The van der Waals surface area contributed by atoms with E-state index in [1.807, 2.05) is 0 Å². The summed E-state index contributed by atoms with van der Waals surface area (Å²) < 4.78 is 5.66. The highest BCUT2D eigenvalue weighted by molar-refractivity contribution is 5.96. The van der Waals surface area contributed by atoms with Gasteiger partial charge in [0.1, 0.15) is 12.4 Å². The Morgan fingerprint density at radius 3 is 2.59 bits per heavy atom. The maximum absolute atomic E-state index is 12.1. The molecule has 0 atom stereocenters. The normalized spacial score (nSPS) is 10.1. The summed E-state index contributed by atoms with van der Waals surface area (Å²) in [6.45, 7) is 0.152. The van der Waals surface area contributed by atoms with Gasteiger partial charge in [-0.2, -0.15) is 0 Å². The molecule has 6 nitrogen and oxygen atoms in total. The minimum atomic E-state index is -0.451. The molecule has 0 saturated carbocycles. The van der Waals surface area contributed by atoms with E-state index >= 15 is 0 Å². The van der Waals surface area contributed by atoms with Crippen molar-refractivity contribution in [3.8, 4) is 5.75 Å². The fraction of sp³-hybridized carbons (Fsp3) is 0.188. The molecule has 2 aromatic rings. The van der Waals surface area contributed by atoms with E-state index in [0.29, 0.717) is 16.9 Å². The molecule has 1 amide bonds. The molecule has 114 valence electrons. The summed E-state index contributed by atoms with van der Waals surface area (Å²) in [5.74, 6) is 0.294. The quantitative estimate of drug-likeness (QED) is 0.628. The van der Waals surface area contributed by atoms with Crippen molar-refractivity contribution in [1.82, 2.24) is 4.90 Å². The van der Waals surface area contributed by atoms with Gasteiger partial charge in [-0.25, -0.2) is 0 Å². The van der Waals surface area contributed by atoms with Crippen LogP contribution in [0.25, 0.3) is 0 Å². The van der Waals surface area contributed by atoms with Gasteiger partial charge in [-0.15, -0.1) is 0 Å². The Morgan fingerprint density at radius 2 is 1.91 bits per heavy atom. The lowest BCUT2D eigenvalue weighted by Crippen LogP contribution is -2.22. The first-order valence-electron chi connectivity index (χ1n) is 6.66. The van der Waals surface area contributed by atoms with Crippen molar-refractivity contribution >= 4 is 11.6 Å². The number of nitro benzene ring substituents is 1. The number of para-hydroxylation sites is 1. The molecule has 2 aromatic carbocycles. The molecule has 22 heavy (non-hydrogen) atoms. The van der Waals surface area contributed by atoms with E-state index in [1.54, 1.807) is 50.5 Å². The Bertz CT molecular complexity index is 698. The number of carbonyl (C=O) groups is 1. The van der Waals surface area contributed by atoms with Gasteiger partial charge >= 0.3 is 0 Å². The first-order chi connectivity index (χ1) is 10.5. The number of amides is 1. The number of nitrogens with zero attached hydrogens (tertiary/aromatic N) is 2. The van der Waals surface area contributed by atoms with Crippen LogP contribution in [0.2, 0.25) is 0 Å². The average molecular weight is 300 g/mol. The highest BCUT2D eigenvalue weighted by Gasteiger charge is 2.14. The highest BCUT2D eigenvalue weighted by atomic mass is 16.6. The van der Waals surface area contributed by atoms with Crippen LogP contribution in [0.1, 0.15) is 15.9 Å². The minimum absolute atomic E-state index is 0.0127. The van der Waals surface area contributed by atoms with Crippen molar-refractivity contribution in [1.29, 1.82) is 0 Å². The zero-order valence-electron chi connectivity index (χ0n) is 12.4. The number of carbonyl (C=O) groups excluding carboxylic acids is 1. The van der Waals surface area contributed by atoms with Crippen LogP contribution in [0.5, 0.6) is 5.75 Å². The van der Waals surface area contributed by atoms with Crippen LogP contribution in [-0.4, -0.2) is 29.8 Å². The lowest BCUT2D eigenvalue weighted by atomic mass is 10.1. The molecule has 0 aliphatic carbocycles. The van der Waals surface area contributed by atoms with Crippen LogP contribution in [0, 0.1) is 10.1 Å². The molecule has 0 heterocycles. The van der Waals surface area contributed by atoms with Crippen LogP contribution >= 0.6 is 0 Å². The summed E-state index contributed by atoms with van der Waals surface area (Å²) >= 11 is 0. The summed E-state index contributed by atoms with van der Waals surface area (Å²) in [7, 11) is 3.33. The van der Waals surface area contributed by atoms with Gasteiger partial charge in [0.25, 0.3) is 11.6 Å². The van der Waals surface area contributed by atoms with Crippen molar-refractivity contribution in [3.63, 3.8) is 0 Å². The van der Waals surface area contributed by atoms with Gasteiger partial charge in [0.05, 0.1) is 10.5 Å². The molecule has 0 saturated heterocycles. The van der Waals surface area contributed by atoms with Crippen LogP contribution in [0.15, 0.2) is 48.5 Å². The minimum Gasteiger partial charge on any atom is -0.488 e. The van der Waals surface area contributed by atoms with E-state index in [0.717, 1.165) is 0 Å². The predicted molar refractivity (Wildman–Crippen MR) is 81.9 cm³/mol. The first-order valence-corrected chi connectivity index (χ1v) is 6.66. The molecule has 0 N–H and O–H groups in total. The number of benzene rings is 2. The van der Waals surface area contributed by atoms with E-state index in [4.69, 9.17) is 4.74 Å². The number of hydrogen-bond donors (Lipinski definition) is 0. The molecule has 6 heteroatoms.